The zero-order valence-corrected chi connectivity index (χ0v) is 40.2. The van der Waals surface area contributed by atoms with Crippen LogP contribution in [0.4, 0.5) is 0 Å². The van der Waals surface area contributed by atoms with Crippen LogP contribution in [0.3, 0.4) is 0 Å². The molecule has 0 fully saturated rings. The van der Waals surface area contributed by atoms with Crippen LogP contribution in [0.2, 0.25) is 0 Å². The van der Waals surface area contributed by atoms with Gasteiger partial charge in [0.1, 0.15) is 13.2 Å². The Balaban J connectivity index is 4.37. The number of carbonyl (C=O) groups is 3. The zero-order chi connectivity index (χ0) is 43.7. The molecule has 0 aromatic carbocycles. The minimum absolute atomic E-state index is 0.0886. The maximum absolute atomic E-state index is 12.7. The lowest BCUT2D eigenvalue weighted by molar-refractivity contribution is -0.166. The molecule has 1 unspecified atom stereocenters. The summed E-state index contributed by atoms with van der Waals surface area (Å²) >= 11 is 0. The Kier molecular flexibility index (Phi) is 47.8. The molecule has 1 atom stereocenters. The fourth-order valence-corrected chi connectivity index (χ4v) is 7.73. The molecule has 6 nitrogen and oxygen atoms in total. The van der Waals surface area contributed by atoms with Gasteiger partial charge in [0, 0.05) is 19.3 Å². The summed E-state index contributed by atoms with van der Waals surface area (Å²) in [5, 5.41) is 0. The largest absolute Gasteiger partial charge is 0.462 e. The molecule has 0 amide bonds. The molecule has 0 saturated carbocycles. The highest BCUT2D eigenvalue weighted by atomic mass is 16.6. The molecule has 0 heterocycles. The van der Waals surface area contributed by atoms with Crippen molar-refractivity contribution < 1.29 is 28.6 Å². The molecule has 0 spiro atoms. The molecule has 0 aromatic heterocycles. The molecule has 0 aliphatic heterocycles. The highest BCUT2D eigenvalue weighted by Gasteiger charge is 2.19. The van der Waals surface area contributed by atoms with E-state index in [9.17, 15) is 14.4 Å². The fourth-order valence-electron chi connectivity index (χ4n) is 7.73. The van der Waals surface area contributed by atoms with E-state index in [1.54, 1.807) is 0 Å². The molecule has 0 rings (SSSR count). The molecule has 0 saturated heterocycles. The molecule has 6 heteroatoms. The maximum Gasteiger partial charge on any atom is 0.306 e. The fraction of sp³-hybridized carbons (Fsp3) is 0.870. The third kappa shape index (κ3) is 46.9. The Morgan fingerprint density at radius 1 is 0.333 bits per heavy atom. The first-order chi connectivity index (χ1) is 29.5. The molecule has 0 N–H and O–H groups in total. The van der Waals surface area contributed by atoms with Gasteiger partial charge in [0.25, 0.3) is 0 Å². The average Bonchev–Trinajstić information content (AvgIpc) is 3.24. The van der Waals surface area contributed by atoms with E-state index in [1.165, 1.54) is 186 Å². The number of rotatable bonds is 48. The Labute approximate surface area is 373 Å². The average molecular weight is 845 g/mol. The molecule has 0 aliphatic rings. The van der Waals surface area contributed by atoms with Gasteiger partial charge in [-0.05, 0) is 38.5 Å². The van der Waals surface area contributed by atoms with Crippen LogP contribution in [0.1, 0.15) is 284 Å². The smallest absolute Gasteiger partial charge is 0.306 e. The van der Waals surface area contributed by atoms with Gasteiger partial charge in [0.2, 0.25) is 0 Å². The van der Waals surface area contributed by atoms with Gasteiger partial charge >= 0.3 is 17.9 Å². The van der Waals surface area contributed by atoms with Crippen molar-refractivity contribution in [3.05, 3.63) is 24.3 Å². The van der Waals surface area contributed by atoms with Crippen molar-refractivity contribution in [3.8, 4) is 0 Å². The summed E-state index contributed by atoms with van der Waals surface area (Å²) in [5.74, 6) is -0.942. The maximum atomic E-state index is 12.7. The van der Waals surface area contributed by atoms with Crippen LogP contribution in [0, 0.1) is 0 Å². The number of hydrogen-bond donors (Lipinski definition) is 0. The first-order valence-electron chi connectivity index (χ1n) is 26.3. The first-order valence-corrected chi connectivity index (χ1v) is 26.3. The van der Waals surface area contributed by atoms with Crippen molar-refractivity contribution in [1.29, 1.82) is 0 Å². The van der Waals surface area contributed by atoms with Gasteiger partial charge in [0.05, 0.1) is 0 Å². The quantitative estimate of drug-likeness (QED) is 0.0263. The summed E-state index contributed by atoms with van der Waals surface area (Å²) in [6.45, 7) is 6.61. The van der Waals surface area contributed by atoms with Gasteiger partial charge in [0.15, 0.2) is 6.10 Å². The summed E-state index contributed by atoms with van der Waals surface area (Å²) < 4.78 is 16.7. The molecular weight excluding hydrogens is 745 g/mol. The highest BCUT2D eigenvalue weighted by Crippen LogP contribution is 2.16. The van der Waals surface area contributed by atoms with Crippen LogP contribution in [-0.2, 0) is 28.6 Å². The lowest BCUT2D eigenvalue weighted by atomic mass is 10.0. The zero-order valence-electron chi connectivity index (χ0n) is 40.2. The number of carbonyl (C=O) groups excluding carboxylic acids is 3. The van der Waals surface area contributed by atoms with Crippen LogP contribution < -0.4 is 0 Å². The summed E-state index contributed by atoms with van der Waals surface area (Å²) in [6.07, 6.45) is 56.0. The second kappa shape index (κ2) is 49.5. The van der Waals surface area contributed by atoms with E-state index in [-0.39, 0.29) is 37.5 Å². The van der Waals surface area contributed by atoms with Crippen molar-refractivity contribution in [3.63, 3.8) is 0 Å². The van der Waals surface area contributed by atoms with Crippen molar-refractivity contribution in [2.75, 3.05) is 13.2 Å². The molecule has 0 aliphatic carbocycles. The van der Waals surface area contributed by atoms with Gasteiger partial charge in [-0.15, -0.1) is 0 Å². The van der Waals surface area contributed by atoms with Crippen LogP contribution in [0.15, 0.2) is 24.3 Å². The summed E-state index contributed by atoms with van der Waals surface area (Å²) in [4.78, 5) is 37.9. The third-order valence-corrected chi connectivity index (χ3v) is 11.7. The minimum atomic E-state index is -0.795. The van der Waals surface area contributed by atoms with Gasteiger partial charge < -0.3 is 14.2 Å². The van der Waals surface area contributed by atoms with E-state index in [0.717, 1.165) is 51.4 Å². The Hall–Kier alpha value is -2.11. The van der Waals surface area contributed by atoms with Crippen molar-refractivity contribution >= 4 is 17.9 Å². The molecule has 60 heavy (non-hydrogen) atoms. The van der Waals surface area contributed by atoms with Crippen LogP contribution in [-0.4, -0.2) is 37.2 Å². The van der Waals surface area contributed by atoms with Gasteiger partial charge in [-0.1, -0.05) is 251 Å². The van der Waals surface area contributed by atoms with Crippen molar-refractivity contribution in [2.45, 2.75) is 290 Å². The number of esters is 3. The van der Waals surface area contributed by atoms with Gasteiger partial charge in [-0.2, -0.15) is 0 Å². The normalized spacial score (nSPS) is 12.1. The van der Waals surface area contributed by atoms with Gasteiger partial charge in [-0.25, -0.2) is 0 Å². The summed E-state index contributed by atoms with van der Waals surface area (Å²) in [5.41, 5.74) is 0. The lowest BCUT2D eigenvalue weighted by Crippen LogP contribution is -2.30. The Bertz CT molecular complexity index is 973. The SMILES string of the molecule is CCCCCCCC/C=C/C/C=C/CCC(=O)OC(COC(=O)CCCCCCCCCCCCCCC)COC(=O)CCCCCCCCCCCCCCCCCC. The second-order valence-corrected chi connectivity index (χ2v) is 17.8. The summed E-state index contributed by atoms with van der Waals surface area (Å²) in [7, 11) is 0. The van der Waals surface area contributed by atoms with E-state index < -0.39 is 6.10 Å². The Morgan fingerprint density at radius 3 is 0.983 bits per heavy atom. The van der Waals surface area contributed by atoms with Gasteiger partial charge in [-0.3, -0.25) is 14.4 Å². The molecule has 352 valence electrons. The third-order valence-electron chi connectivity index (χ3n) is 11.7. The van der Waals surface area contributed by atoms with E-state index in [2.05, 4.69) is 39.0 Å². The second-order valence-electron chi connectivity index (χ2n) is 17.8. The number of ether oxygens (including phenoxy) is 3. The van der Waals surface area contributed by atoms with E-state index in [4.69, 9.17) is 14.2 Å². The Morgan fingerprint density at radius 2 is 0.633 bits per heavy atom. The monoisotopic (exact) mass is 845 g/mol. The lowest BCUT2D eigenvalue weighted by Gasteiger charge is -2.18. The molecule has 0 aromatic rings. The first kappa shape index (κ1) is 57.9. The standard InChI is InChI=1S/C54H100O6/c1-4-7-10-13-16-19-22-25-26-27-30-32-35-38-41-44-47-53(56)59-50-51(60-54(57)48-45-42-39-36-33-29-24-21-18-15-12-9-6-3)49-58-52(55)46-43-40-37-34-31-28-23-20-17-14-11-8-5-2/h29,33,39,42,51H,4-28,30-32,34-38,40-41,43-50H2,1-3H3/b33-29+,42-39+. The minimum Gasteiger partial charge on any atom is -0.462 e. The predicted molar refractivity (Wildman–Crippen MR) is 256 cm³/mol. The van der Waals surface area contributed by atoms with E-state index in [1.807, 2.05) is 6.08 Å². The topological polar surface area (TPSA) is 78.9 Å². The van der Waals surface area contributed by atoms with Crippen molar-refractivity contribution in [2.24, 2.45) is 0 Å². The molecular formula is C54H100O6. The van der Waals surface area contributed by atoms with Crippen LogP contribution >= 0.6 is 0 Å². The van der Waals surface area contributed by atoms with E-state index in [0.29, 0.717) is 19.3 Å². The molecule has 0 radical (unpaired) electrons. The van der Waals surface area contributed by atoms with Crippen LogP contribution in [0.25, 0.3) is 0 Å². The number of hydrogen-bond acceptors (Lipinski definition) is 6. The molecule has 0 bridgehead atoms. The summed E-state index contributed by atoms with van der Waals surface area (Å²) in [6, 6.07) is 0. The van der Waals surface area contributed by atoms with E-state index >= 15 is 0 Å². The predicted octanol–water partition coefficient (Wildman–Crippen LogP) is 17.2. The number of unbranched alkanes of at least 4 members (excludes halogenated alkanes) is 33. The van der Waals surface area contributed by atoms with Crippen LogP contribution in [0.5, 0.6) is 0 Å². The highest BCUT2D eigenvalue weighted by molar-refractivity contribution is 5.71. The van der Waals surface area contributed by atoms with Crippen molar-refractivity contribution in [1.82, 2.24) is 0 Å². The number of allylic oxidation sites excluding steroid dienone is 4.